The van der Waals surface area contributed by atoms with Gasteiger partial charge in [-0.05, 0) is 31.5 Å². The quantitative estimate of drug-likeness (QED) is 0.765. The lowest BCUT2D eigenvalue weighted by atomic mass is 9.94. The molecule has 0 aliphatic carbocycles. The van der Waals surface area contributed by atoms with Crippen LogP contribution in [-0.2, 0) is 4.79 Å². The minimum absolute atomic E-state index is 0.115. The normalized spacial score (nSPS) is 20.0. The summed E-state index contributed by atoms with van der Waals surface area (Å²) in [5.74, 6) is -0.436. The second-order valence-corrected chi connectivity index (χ2v) is 5.40. The topological polar surface area (TPSA) is 100 Å². The fourth-order valence-corrected chi connectivity index (χ4v) is 2.84. The molecule has 0 saturated carbocycles. The third kappa shape index (κ3) is 3.94. The Bertz CT molecular complexity index is 508. The van der Waals surface area contributed by atoms with Crippen LogP contribution in [0.4, 0.5) is 10.5 Å². The number of carbonyl (C=O) groups excluding carboxylic acids is 2. The molecule has 7 nitrogen and oxygen atoms in total. The molecule has 2 atom stereocenters. The summed E-state index contributed by atoms with van der Waals surface area (Å²) >= 11 is 0. The predicted molar refractivity (Wildman–Crippen MR) is 84.2 cm³/mol. The van der Waals surface area contributed by atoms with E-state index in [0.29, 0.717) is 25.2 Å². The summed E-state index contributed by atoms with van der Waals surface area (Å²) in [6, 6.07) is 2.84. The maximum atomic E-state index is 12.6. The van der Waals surface area contributed by atoms with Crippen LogP contribution in [0.25, 0.3) is 0 Å². The number of aromatic nitrogens is 1. The van der Waals surface area contributed by atoms with Crippen LogP contribution in [0.5, 0.6) is 0 Å². The van der Waals surface area contributed by atoms with Crippen molar-refractivity contribution in [3.8, 4) is 0 Å². The average Bonchev–Trinajstić information content (AvgIpc) is 2.75. The van der Waals surface area contributed by atoms with Gasteiger partial charge in [0.2, 0.25) is 5.91 Å². The number of rotatable bonds is 4. The van der Waals surface area contributed by atoms with Crippen LogP contribution >= 0.6 is 0 Å². The first-order valence-corrected chi connectivity index (χ1v) is 7.61. The maximum Gasteiger partial charge on any atom is 0.315 e. The molecule has 0 bridgehead atoms. The number of amides is 3. The monoisotopic (exact) mass is 305 g/mol. The Kier molecular flexibility index (Phi) is 5.71. The number of carbonyl (C=O) groups is 2. The van der Waals surface area contributed by atoms with Crippen molar-refractivity contribution in [1.29, 1.82) is 0 Å². The van der Waals surface area contributed by atoms with E-state index in [1.807, 2.05) is 6.92 Å². The first-order chi connectivity index (χ1) is 10.6. The molecule has 22 heavy (non-hydrogen) atoms. The predicted octanol–water partition coefficient (Wildman–Crippen LogP) is 0.789. The van der Waals surface area contributed by atoms with Gasteiger partial charge in [0.1, 0.15) is 0 Å². The second kappa shape index (κ2) is 7.74. The second-order valence-electron chi connectivity index (χ2n) is 5.40. The summed E-state index contributed by atoms with van der Waals surface area (Å²) in [6.07, 6.45) is 4.71. The fourth-order valence-electron chi connectivity index (χ4n) is 2.84. The van der Waals surface area contributed by atoms with Crippen LogP contribution in [-0.4, -0.2) is 47.5 Å². The molecule has 1 aliphatic rings. The molecule has 1 aromatic heterocycles. The molecule has 1 fully saturated rings. The number of nitrogens with two attached hydrogens (primary N) is 1. The molecule has 4 N–H and O–H groups in total. The van der Waals surface area contributed by atoms with Gasteiger partial charge in [0.05, 0.1) is 23.8 Å². The van der Waals surface area contributed by atoms with Crippen molar-refractivity contribution < 1.29 is 9.59 Å². The largest absolute Gasteiger partial charge is 0.351 e. The van der Waals surface area contributed by atoms with E-state index in [9.17, 15) is 9.59 Å². The van der Waals surface area contributed by atoms with Gasteiger partial charge in [0.25, 0.3) is 0 Å². The zero-order valence-electron chi connectivity index (χ0n) is 12.8. The molecular formula is C15H23N5O2. The summed E-state index contributed by atoms with van der Waals surface area (Å²) in [6.45, 7) is 3.91. The van der Waals surface area contributed by atoms with Crippen molar-refractivity contribution in [2.24, 2.45) is 11.7 Å². The van der Waals surface area contributed by atoms with E-state index in [0.717, 1.165) is 13.0 Å². The van der Waals surface area contributed by atoms with E-state index in [1.54, 1.807) is 29.4 Å². The van der Waals surface area contributed by atoms with Gasteiger partial charge >= 0.3 is 6.03 Å². The number of nitrogens with one attached hydrogen (secondary N) is 2. The van der Waals surface area contributed by atoms with Crippen molar-refractivity contribution in [3.63, 3.8) is 0 Å². The smallest absolute Gasteiger partial charge is 0.315 e. The Balaban J connectivity index is 2.13. The Morgan fingerprint density at radius 3 is 3.05 bits per heavy atom. The van der Waals surface area contributed by atoms with Crippen molar-refractivity contribution >= 4 is 17.6 Å². The highest BCUT2D eigenvalue weighted by molar-refractivity contribution is 5.93. The molecule has 3 amide bonds. The van der Waals surface area contributed by atoms with Gasteiger partial charge in [-0.15, -0.1) is 0 Å². The standard InChI is InChI=1S/C15H23N5O2/c1-2-12(14(21)19-11-5-3-6-17-9-11)13-10-18-7-4-8-20(13)15(16)22/h3,5-6,9,12-13,18H,2,4,7-8,10H2,1H3,(H2,16,22)(H,19,21)/t12-,13?/m1/s1. The maximum absolute atomic E-state index is 12.6. The molecule has 2 rings (SSSR count). The van der Waals surface area contributed by atoms with E-state index in [2.05, 4.69) is 15.6 Å². The number of nitrogens with zero attached hydrogens (tertiary/aromatic N) is 2. The first kappa shape index (κ1) is 16.2. The van der Waals surface area contributed by atoms with Crippen molar-refractivity contribution in [2.45, 2.75) is 25.8 Å². The van der Waals surface area contributed by atoms with Crippen molar-refractivity contribution in [3.05, 3.63) is 24.5 Å². The van der Waals surface area contributed by atoms with Crippen LogP contribution in [0.15, 0.2) is 24.5 Å². The summed E-state index contributed by atoms with van der Waals surface area (Å²) in [7, 11) is 0. The lowest BCUT2D eigenvalue weighted by molar-refractivity contribution is -0.121. The van der Waals surface area contributed by atoms with Crippen LogP contribution in [0.2, 0.25) is 0 Å². The van der Waals surface area contributed by atoms with Crippen LogP contribution in [0, 0.1) is 5.92 Å². The van der Waals surface area contributed by atoms with Gasteiger partial charge in [-0.3, -0.25) is 9.78 Å². The summed E-state index contributed by atoms with van der Waals surface area (Å²) < 4.78 is 0. The van der Waals surface area contributed by atoms with Crippen LogP contribution in [0.3, 0.4) is 0 Å². The van der Waals surface area contributed by atoms with Gasteiger partial charge in [-0.2, -0.15) is 0 Å². The number of hydrogen-bond donors (Lipinski definition) is 3. The van der Waals surface area contributed by atoms with E-state index in [4.69, 9.17) is 5.73 Å². The number of urea groups is 1. The average molecular weight is 305 g/mol. The Hall–Kier alpha value is -2.15. The molecule has 2 heterocycles. The highest BCUT2D eigenvalue weighted by atomic mass is 16.2. The number of anilines is 1. The first-order valence-electron chi connectivity index (χ1n) is 7.61. The molecule has 120 valence electrons. The lowest BCUT2D eigenvalue weighted by Crippen LogP contribution is -2.52. The number of pyridine rings is 1. The molecule has 1 saturated heterocycles. The molecule has 1 unspecified atom stereocenters. The van der Waals surface area contributed by atoms with E-state index in [-0.39, 0.29) is 17.9 Å². The summed E-state index contributed by atoms with van der Waals surface area (Å²) in [5.41, 5.74) is 6.14. The molecule has 0 spiro atoms. The van der Waals surface area contributed by atoms with Crippen LogP contribution < -0.4 is 16.4 Å². The SMILES string of the molecule is CC[C@@H](C(=O)Nc1cccnc1)C1CNCCCN1C(N)=O. The minimum atomic E-state index is -0.471. The number of hydrogen-bond acceptors (Lipinski definition) is 4. The third-order valence-electron chi connectivity index (χ3n) is 3.96. The highest BCUT2D eigenvalue weighted by Crippen LogP contribution is 2.19. The molecule has 1 aromatic rings. The van der Waals surface area contributed by atoms with Crippen molar-refractivity contribution in [1.82, 2.24) is 15.2 Å². The lowest BCUT2D eigenvalue weighted by Gasteiger charge is -2.33. The van der Waals surface area contributed by atoms with E-state index >= 15 is 0 Å². The molecule has 1 aliphatic heterocycles. The third-order valence-corrected chi connectivity index (χ3v) is 3.96. The zero-order valence-corrected chi connectivity index (χ0v) is 12.8. The van der Waals surface area contributed by atoms with Gasteiger partial charge in [0, 0.05) is 19.3 Å². The van der Waals surface area contributed by atoms with E-state index in [1.165, 1.54) is 0 Å². The summed E-state index contributed by atoms with van der Waals surface area (Å²) in [4.78, 5) is 29.9. The van der Waals surface area contributed by atoms with Crippen LogP contribution in [0.1, 0.15) is 19.8 Å². The minimum Gasteiger partial charge on any atom is -0.351 e. The zero-order chi connectivity index (χ0) is 15.9. The number of primary amides is 1. The van der Waals surface area contributed by atoms with E-state index < -0.39 is 6.03 Å². The Morgan fingerprint density at radius 1 is 1.59 bits per heavy atom. The Labute approximate surface area is 130 Å². The van der Waals surface area contributed by atoms with Crippen molar-refractivity contribution in [2.75, 3.05) is 25.0 Å². The fraction of sp³-hybridized carbons (Fsp3) is 0.533. The molecule has 7 heteroatoms. The summed E-state index contributed by atoms with van der Waals surface area (Å²) in [5, 5.41) is 6.14. The van der Waals surface area contributed by atoms with Gasteiger partial charge in [0.15, 0.2) is 0 Å². The molecule has 0 aromatic carbocycles. The molecular weight excluding hydrogens is 282 g/mol. The molecule has 0 radical (unpaired) electrons. The highest BCUT2D eigenvalue weighted by Gasteiger charge is 2.34. The Morgan fingerprint density at radius 2 is 2.41 bits per heavy atom. The van der Waals surface area contributed by atoms with Gasteiger partial charge in [-0.25, -0.2) is 4.79 Å². The van der Waals surface area contributed by atoms with Gasteiger partial charge < -0.3 is 21.3 Å². The van der Waals surface area contributed by atoms with Gasteiger partial charge in [-0.1, -0.05) is 6.92 Å².